The molecule has 2 aromatic heterocycles. The third kappa shape index (κ3) is 4.23. The van der Waals surface area contributed by atoms with Gasteiger partial charge in [-0.1, -0.05) is 12.1 Å². The summed E-state index contributed by atoms with van der Waals surface area (Å²) in [5.41, 5.74) is 2.90. The number of furan rings is 1. The Hall–Kier alpha value is -3.91. The number of phenols is 1. The number of carbonyl (C=O) groups is 1. The first-order valence-electron chi connectivity index (χ1n) is 9.03. The lowest BCUT2D eigenvalue weighted by Crippen LogP contribution is -2.32. The smallest absolute Gasteiger partial charge is 0.250 e. The van der Waals surface area contributed by atoms with Gasteiger partial charge in [-0.3, -0.25) is 10.1 Å². The fourth-order valence-electron chi connectivity index (χ4n) is 2.86. The molecule has 0 aliphatic heterocycles. The normalized spacial score (nSPS) is 11.1. The average molecular weight is 419 g/mol. The van der Waals surface area contributed by atoms with E-state index in [1.54, 1.807) is 37.3 Å². The molecule has 2 heterocycles. The highest BCUT2D eigenvalue weighted by atomic mass is 32.1. The van der Waals surface area contributed by atoms with Gasteiger partial charge in [0, 0.05) is 11.8 Å². The molecule has 2 aromatic carbocycles. The van der Waals surface area contributed by atoms with Crippen molar-refractivity contribution in [3.05, 3.63) is 72.2 Å². The van der Waals surface area contributed by atoms with Crippen molar-refractivity contribution in [1.29, 1.82) is 0 Å². The van der Waals surface area contributed by atoms with Crippen LogP contribution in [0, 0.1) is 6.92 Å². The molecule has 0 aliphatic carbocycles. The third-order valence-corrected chi connectivity index (χ3v) is 4.47. The van der Waals surface area contributed by atoms with Gasteiger partial charge in [0.05, 0.1) is 11.8 Å². The number of anilines is 1. The van der Waals surface area contributed by atoms with Crippen LogP contribution >= 0.6 is 12.2 Å². The number of benzene rings is 2. The summed E-state index contributed by atoms with van der Waals surface area (Å²) in [6.07, 6.45) is 4.37. The van der Waals surface area contributed by atoms with Crippen molar-refractivity contribution in [3.63, 3.8) is 0 Å². The first kappa shape index (κ1) is 19.4. The molecule has 0 fully saturated rings. The number of thiocarbonyl (C=S) groups is 1. The summed E-state index contributed by atoms with van der Waals surface area (Å²) in [4.78, 5) is 16.4. The summed E-state index contributed by atoms with van der Waals surface area (Å²) in [7, 11) is 0. The number of fused-ring (bicyclic) bond motifs is 1. The van der Waals surface area contributed by atoms with Gasteiger partial charge in [0.1, 0.15) is 17.0 Å². The van der Waals surface area contributed by atoms with Crippen LogP contribution in [-0.2, 0) is 4.79 Å². The number of aromatic hydroxyl groups is 1. The fraction of sp³-hybridized carbons (Fsp3) is 0.0455. The van der Waals surface area contributed by atoms with Gasteiger partial charge in [-0.25, -0.2) is 4.98 Å². The van der Waals surface area contributed by atoms with Gasteiger partial charge < -0.3 is 19.3 Å². The van der Waals surface area contributed by atoms with E-state index < -0.39 is 5.91 Å². The van der Waals surface area contributed by atoms with E-state index in [1.807, 2.05) is 18.2 Å². The zero-order valence-corrected chi connectivity index (χ0v) is 16.7. The van der Waals surface area contributed by atoms with Crippen molar-refractivity contribution in [1.82, 2.24) is 10.3 Å². The van der Waals surface area contributed by atoms with Crippen LogP contribution in [0.25, 0.3) is 28.6 Å². The number of aryl methyl sites for hydroxylation is 1. The van der Waals surface area contributed by atoms with Gasteiger partial charge in [-0.05, 0) is 67.2 Å². The molecule has 30 heavy (non-hydrogen) atoms. The molecule has 150 valence electrons. The number of oxazole rings is 1. The number of nitrogens with zero attached hydrogens (tertiary/aromatic N) is 1. The van der Waals surface area contributed by atoms with Crippen LogP contribution in [-0.4, -0.2) is 21.1 Å². The second-order valence-corrected chi connectivity index (χ2v) is 6.88. The zero-order valence-electron chi connectivity index (χ0n) is 15.9. The second-order valence-electron chi connectivity index (χ2n) is 6.47. The molecule has 0 bridgehead atoms. The van der Waals surface area contributed by atoms with E-state index in [2.05, 4.69) is 15.6 Å². The van der Waals surface area contributed by atoms with Crippen LogP contribution in [0.2, 0.25) is 0 Å². The highest BCUT2D eigenvalue weighted by Crippen LogP contribution is 2.36. The lowest BCUT2D eigenvalue weighted by Gasteiger charge is -2.12. The molecule has 4 aromatic rings. The third-order valence-electron chi connectivity index (χ3n) is 4.26. The number of hydrogen-bond acceptors (Lipinski definition) is 6. The predicted octanol–water partition coefficient (Wildman–Crippen LogP) is 4.63. The summed E-state index contributed by atoms with van der Waals surface area (Å²) in [6, 6.07) is 14.2. The molecule has 0 saturated carbocycles. The number of amides is 1. The number of carbonyl (C=O) groups excluding carboxylic acids is 1. The molecule has 1 amide bonds. The van der Waals surface area contributed by atoms with E-state index in [-0.39, 0.29) is 16.8 Å². The second kappa shape index (κ2) is 8.22. The highest BCUT2D eigenvalue weighted by Gasteiger charge is 2.16. The molecular formula is C22H17N3O4S. The van der Waals surface area contributed by atoms with Crippen LogP contribution < -0.4 is 10.6 Å². The largest absolute Gasteiger partial charge is 0.507 e. The van der Waals surface area contributed by atoms with Gasteiger partial charge in [0.25, 0.3) is 0 Å². The fourth-order valence-corrected chi connectivity index (χ4v) is 3.08. The Balaban J connectivity index is 1.51. The van der Waals surface area contributed by atoms with E-state index in [9.17, 15) is 9.90 Å². The Bertz CT molecular complexity index is 1230. The van der Waals surface area contributed by atoms with E-state index in [0.717, 1.165) is 0 Å². The number of phenolic OH excluding ortho intramolecular Hbond substituents is 1. The first-order chi connectivity index (χ1) is 14.5. The minimum Gasteiger partial charge on any atom is -0.507 e. The summed E-state index contributed by atoms with van der Waals surface area (Å²) in [5.74, 6) is 0.500. The SMILES string of the molecule is Cc1cc(NC(=S)NC(=O)/C=C/c2ccco2)cc(-c2nc3ccccc3o2)c1O. The molecule has 0 radical (unpaired) electrons. The van der Waals surface area contributed by atoms with E-state index in [4.69, 9.17) is 21.1 Å². The van der Waals surface area contributed by atoms with Crippen LogP contribution in [0.1, 0.15) is 11.3 Å². The maximum atomic E-state index is 12.0. The van der Waals surface area contributed by atoms with Crippen LogP contribution in [0.3, 0.4) is 0 Å². The molecule has 0 unspecified atom stereocenters. The van der Waals surface area contributed by atoms with Gasteiger partial charge in [-0.2, -0.15) is 0 Å². The number of nitrogens with one attached hydrogen (secondary N) is 2. The standard InChI is InChI=1S/C22H17N3O4S/c1-13-11-14(23-22(30)25-19(26)9-8-15-5-4-10-28-15)12-16(20(13)27)21-24-17-6-2-3-7-18(17)29-21/h2-12,27H,1H3,(H2,23,25,26,30)/b9-8+. The Labute approximate surface area is 177 Å². The molecule has 0 aliphatic rings. The molecule has 3 N–H and O–H groups in total. The predicted molar refractivity (Wildman–Crippen MR) is 118 cm³/mol. The van der Waals surface area contributed by atoms with Gasteiger partial charge in [0.2, 0.25) is 11.8 Å². The summed E-state index contributed by atoms with van der Waals surface area (Å²) < 4.78 is 10.9. The van der Waals surface area contributed by atoms with Gasteiger partial charge in [0.15, 0.2) is 10.7 Å². The number of aromatic nitrogens is 1. The summed E-state index contributed by atoms with van der Waals surface area (Å²) in [5, 5.41) is 16.1. The van der Waals surface area contributed by atoms with Crippen molar-refractivity contribution < 1.29 is 18.7 Å². The molecule has 0 saturated heterocycles. The zero-order chi connectivity index (χ0) is 21.1. The van der Waals surface area contributed by atoms with Gasteiger partial charge in [-0.15, -0.1) is 0 Å². The summed E-state index contributed by atoms with van der Waals surface area (Å²) in [6.45, 7) is 1.75. The minimum absolute atomic E-state index is 0.0587. The Morgan fingerprint density at radius 2 is 2.03 bits per heavy atom. The van der Waals surface area contributed by atoms with E-state index in [0.29, 0.717) is 33.7 Å². The number of hydrogen-bond donors (Lipinski definition) is 3. The van der Waals surface area contributed by atoms with Crippen LogP contribution in [0.5, 0.6) is 5.75 Å². The lowest BCUT2D eigenvalue weighted by atomic mass is 10.1. The van der Waals surface area contributed by atoms with Crippen molar-refractivity contribution in [3.8, 4) is 17.2 Å². The van der Waals surface area contributed by atoms with Gasteiger partial charge >= 0.3 is 0 Å². The van der Waals surface area contributed by atoms with Crippen molar-refractivity contribution in [2.24, 2.45) is 0 Å². The maximum Gasteiger partial charge on any atom is 0.250 e. The molecular weight excluding hydrogens is 402 g/mol. The molecule has 8 heteroatoms. The van der Waals surface area contributed by atoms with E-state index in [1.165, 1.54) is 18.4 Å². The lowest BCUT2D eigenvalue weighted by molar-refractivity contribution is -0.115. The van der Waals surface area contributed by atoms with E-state index >= 15 is 0 Å². The van der Waals surface area contributed by atoms with Crippen LogP contribution in [0.4, 0.5) is 5.69 Å². The minimum atomic E-state index is -0.404. The average Bonchev–Trinajstić information content (AvgIpc) is 3.38. The van der Waals surface area contributed by atoms with Crippen LogP contribution in [0.15, 0.2) is 69.7 Å². The monoisotopic (exact) mass is 419 g/mol. The maximum absolute atomic E-state index is 12.0. The quantitative estimate of drug-likeness (QED) is 0.252. The summed E-state index contributed by atoms with van der Waals surface area (Å²) >= 11 is 5.21. The number of para-hydroxylation sites is 2. The molecule has 0 atom stereocenters. The van der Waals surface area contributed by atoms with Crippen molar-refractivity contribution in [2.45, 2.75) is 6.92 Å². The Morgan fingerprint density at radius 1 is 1.20 bits per heavy atom. The van der Waals surface area contributed by atoms with Crippen molar-refractivity contribution >= 4 is 46.1 Å². The Kier molecular flexibility index (Phi) is 5.32. The topological polar surface area (TPSA) is 101 Å². The Morgan fingerprint density at radius 3 is 2.80 bits per heavy atom. The first-order valence-corrected chi connectivity index (χ1v) is 9.43. The van der Waals surface area contributed by atoms with Crippen molar-refractivity contribution in [2.75, 3.05) is 5.32 Å². The number of rotatable bonds is 4. The highest BCUT2D eigenvalue weighted by molar-refractivity contribution is 7.80. The molecule has 7 nitrogen and oxygen atoms in total. The molecule has 4 rings (SSSR count). The molecule has 0 spiro atoms.